The summed E-state index contributed by atoms with van der Waals surface area (Å²) >= 11 is 0. The van der Waals surface area contributed by atoms with Crippen molar-refractivity contribution in [2.75, 3.05) is 38.9 Å². The summed E-state index contributed by atoms with van der Waals surface area (Å²) in [5.74, 6) is -0.00473. The van der Waals surface area contributed by atoms with Crippen LogP contribution in [0, 0.1) is 23.7 Å². The molecule has 0 heterocycles. The van der Waals surface area contributed by atoms with Crippen LogP contribution in [-0.4, -0.2) is 75.7 Å². The van der Waals surface area contributed by atoms with E-state index in [1.54, 1.807) is 7.11 Å². The van der Waals surface area contributed by atoms with Gasteiger partial charge in [-0.15, -0.1) is 0 Å². The smallest absolute Gasteiger partial charge is 0.306 e. The molecule has 0 saturated heterocycles. The summed E-state index contributed by atoms with van der Waals surface area (Å²) in [4.78, 5) is 11.6. The Morgan fingerprint density at radius 3 is 2.16 bits per heavy atom. The van der Waals surface area contributed by atoms with E-state index in [0.29, 0.717) is 50.4 Å². The van der Waals surface area contributed by atoms with Gasteiger partial charge in [-0.2, -0.15) is 0 Å². The highest BCUT2D eigenvalue weighted by atomic mass is 32.2. The van der Waals surface area contributed by atoms with Crippen LogP contribution in [0.3, 0.4) is 0 Å². The SMILES string of the molecule is COCCCOc1cc(C[C@@H](C[C@H](N)[C@@H](O)C[C@H](C(=O)O)C(C)C)C(C)C)ccc1OCCCS(C)(=O)=O. The van der Waals surface area contributed by atoms with Gasteiger partial charge in [0.2, 0.25) is 0 Å². The van der Waals surface area contributed by atoms with E-state index >= 15 is 0 Å². The maximum absolute atomic E-state index is 11.6. The van der Waals surface area contributed by atoms with Crippen molar-refractivity contribution in [2.24, 2.45) is 29.4 Å². The van der Waals surface area contributed by atoms with Gasteiger partial charge < -0.3 is 30.2 Å². The van der Waals surface area contributed by atoms with Gasteiger partial charge in [0, 0.05) is 32.4 Å². The van der Waals surface area contributed by atoms with Crippen molar-refractivity contribution < 1.29 is 37.6 Å². The molecule has 0 fully saturated rings. The average molecular weight is 560 g/mol. The molecule has 9 nitrogen and oxygen atoms in total. The fraction of sp³-hybridized carbons (Fsp3) is 0.750. The van der Waals surface area contributed by atoms with Gasteiger partial charge in [0.25, 0.3) is 0 Å². The van der Waals surface area contributed by atoms with Gasteiger partial charge in [-0.25, -0.2) is 8.42 Å². The lowest BCUT2D eigenvalue weighted by atomic mass is 9.81. The van der Waals surface area contributed by atoms with Gasteiger partial charge in [0.1, 0.15) is 9.84 Å². The summed E-state index contributed by atoms with van der Waals surface area (Å²) in [6.07, 6.45) is 2.79. The lowest BCUT2D eigenvalue weighted by molar-refractivity contribution is -0.144. The summed E-state index contributed by atoms with van der Waals surface area (Å²) in [7, 11) is -1.42. The van der Waals surface area contributed by atoms with Crippen LogP contribution in [0.5, 0.6) is 11.5 Å². The van der Waals surface area contributed by atoms with E-state index in [-0.39, 0.29) is 36.5 Å². The van der Waals surface area contributed by atoms with Crippen molar-refractivity contribution in [2.45, 2.75) is 71.9 Å². The predicted molar refractivity (Wildman–Crippen MR) is 149 cm³/mol. The molecule has 1 aromatic rings. The number of hydrogen-bond donors (Lipinski definition) is 3. The van der Waals surface area contributed by atoms with Gasteiger partial charge in [0.05, 0.1) is 31.0 Å². The van der Waals surface area contributed by atoms with Crippen molar-refractivity contribution in [1.82, 2.24) is 0 Å². The zero-order valence-corrected chi connectivity index (χ0v) is 24.7. The maximum atomic E-state index is 11.6. The number of nitrogens with two attached hydrogens (primary N) is 1. The Morgan fingerprint density at radius 2 is 1.61 bits per heavy atom. The van der Waals surface area contributed by atoms with Crippen LogP contribution < -0.4 is 15.2 Å². The van der Waals surface area contributed by atoms with E-state index in [2.05, 4.69) is 13.8 Å². The Kier molecular flexibility index (Phi) is 15.2. The fourth-order valence-corrected chi connectivity index (χ4v) is 4.94. The maximum Gasteiger partial charge on any atom is 0.306 e. The van der Waals surface area contributed by atoms with Crippen LogP contribution in [0.25, 0.3) is 0 Å². The number of aliphatic hydroxyl groups excluding tert-OH is 1. The molecule has 0 saturated carbocycles. The number of carbonyl (C=O) groups is 1. The number of ether oxygens (including phenoxy) is 3. The molecule has 4 N–H and O–H groups in total. The van der Waals surface area contributed by atoms with Crippen LogP contribution in [0.4, 0.5) is 0 Å². The molecule has 220 valence electrons. The normalized spacial score (nSPS) is 15.3. The monoisotopic (exact) mass is 559 g/mol. The number of carboxylic acid groups (broad SMARTS) is 1. The van der Waals surface area contributed by atoms with Crippen LogP contribution in [0.15, 0.2) is 18.2 Å². The van der Waals surface area contributed by atoms with Crippen molar-refractivity contribution in [1.29, 1.82) is 0 Å². The largest absolute Gasteiger partial charge is 0.490 e. The number of benzene rings is 1. The van der Waals surface area contributed by atoms with Gasteiger partial charge >= 0.3 is 5.97 Å². The van der Waals surface area contributed by atoms with Gasteiger partial charge in [-0.05, 0) is 61.1 Å². The third-order valence-corrected chi connectivity index (χ3v) is 7.83. The van der Waals surface area contributed by atoms with Crippen molar-refractivity contribution >= 4 is 15.8 Å². The standard InChI is InChI=1S/C28H49NO8S/c1-19(2)22(17-24(29)25(30)18-23(20(3)4)28(31)32)15-21-9-10-26(36-13-8-14-38(6,33)34)27(16-21)37-12-7-11-35-5/h9-10,16,19-20,22-25,30H,7-8,11-15,17-18,29H2,1-6H3,(H,31,32)/t22-,23-,24-,25-/m0/s1. The molecule has 0 radical (unpaired) electrons. The first-order valence-corrected chi connectivity index (χ1v) is 15.5. The van der Waals surface area contributed by atoms with E-state index in [4.69, 9.17) is 19.9 Å². The minimum atomic E-state index is -3.05. The van der Waals surface area contributed by atoms with Crippen LogP contribution in [0.1, 0.15) is 58.9 Å². The van der Waals surface area contributed by atoms with E-state index in [1.165, 1.54) is 6.26 Å². The molecule has 0 aliphatic rings. The molecule has 1 rings (SSSR count). The number of aliphatic carboxylic acids is 1. The first kappa shape index (κ1) is 34.1. The van der Waals surface area contributed by atoms with Crippen molar-refractivity contribution in [3.63, 3.8) is 0 Å². The van der Waals surface area contributed by atoms with E-state index in [9.17, 15) is 23.4 Å². The highest BCUT2D eigenvalue weighted by Crippen LogP contribution is 2.32. The number of rotatable bonds is 20. The molecule has 0 aliphatic heterocycles. The number of methoxy groups -OCH3 is 1. The quantitative estimate of drug-likeness (QED) is 0.204. The Balaban J connectivity index is 2.95. The highest BCUT2D eigenvalue weighted by Gasteiger charge is 2.29. The van der Waals surface area contributed by atoms with E-state index in [0.717, 1.165) is 5.56 Å². The summed E-state index contributed by atoms with van der Waals surface area (Å²) in [5.41, 5.74) is 7.39. The summed E-state index contributed by atoms with van der Waals surface area (Å²) in [6, 6.07) is 5.21. The molecule has 0 unspecified atom stereocenters. The number of sulfone groups is 1. The van der Waals surface area contributed by atoms with Crippen molar-refractivity contribution in [3.8, 4) is 11.5 Å². The van der Waals surface area contributed by atoms with Gasteiger partial charge in [0.15, 0.2) is 11.5 Å². The predicted octanol–water partition coefficient (Wildman–Crippen LogP) is 3.56. The number of carboxylic acids is 1. The van der Waals surface area contributed by atoms with Crippen LogP contribution in [-0.2, 0) is 25.8 Å². The molecular formula is C28H49NO8S. The minimum absolute atomic E-state index is 0.0572. The zero-order chi connectivity index (χ0) is 28.9. The summed E-state index contributed by atoms with van der Waals surface area (Å²) < 4.78 is 39.7. The third kappa shape index (κ3) is 13.3. The number of hydrogen-bond acceptors (Lipinski definition) is 8. The van der Waals surface area contributed by atoms with Gasteiger partial charge in [-0.1, -0.05) is 33.8 Å². The molecule has 0 aliphatic carbocycles. The first-order valence-electron chi connectivity index (χ1n) is 13.5. The molecular weight excluding hydrogens is 510 g/mol. The summed E-state index contributed by atoms with van der Waals surface area (Å²) in [6.45, 7) is 9.17. The molecule has 1 aromatic carbocycles. The van der Waals surface area contributed by atoms with Crippen LogP contribution in [0.2, 0.25) is 0 Å². The molecule has 0 aromatic heterocycles. The Labute approximate surface area is 229 Å². The number of aliphatic hydroxyl groups is 1. The Morgan fingerprint density at radius 1 is 0.974 bits per heavy atom. The molecule has 0 spiro atoms. The second-order valence-electron chi connectivity index (χ2n) is 10.9. The zero-order valence-electron chi connectivity index (χ0n) is 23.9. The average Bonchev–Trinajstić information content (AvgIpc) is 2.82. The minimum Gasteiger partial charge on any atom is -0.490 e. The third-order valence-electron chi connectivity index (χ3n) is 6.80. The van der Waals surface area contributed by atoms with E-state index in [1.807, 2.05) is 32.0 Å². The second-order valence-corrected chi connectivity index (χ2v) is 13.2. The molecule has 10 heteroatoms. The summed E-state index contributed by atoms with van der Waals surface area (Å²) in [5, 5.41) is 20.2. The fourth-order valence-electron chi connectivity index (χ4n) is 4.29. The highest BCUT2D eigenvalue weighted by molar-refractivity contribution is 7.90. The second kappa shape index (κ2) is 16.9. The first-order chi connectivity index (χ1) is 17.7. The molecule has 4 atom stereocenters. The van der Waals surface area contributed by atoms with Crippen molar-refractivity contribution in [3.05, 3.63) is 23.8 Å². The lowest BCUT2D eigenvalue weighted by Crippen LogP contribution is -2.40. The van der Waals surface area contributed by atoms with E-state index < -0.39 is 33.9 Å². The molecule has 0 amide bonds. The Hall–Kier alpha value is -1.88. The van der Waals surface area contributed by atoms with Gasteiger partial charge in [-0.3, -0.25) is 4.79 Å². The molecule has 38 heavy (non-hydrogen) atoms. The Bertz CT molecular complexity index is 935. The lowest BCUT2D eigenvalue weighted by Gasteiger charge is -2.29. The molecule has 0 bridgehead atoms. The topological polar surface area (TPSA) is 145 Å². The van der Waals surface area contributed by atoms with Crippen LogP contribution >= 0.6 is 0 Å².